The van der Waals surface area contributed by atoms with Crippen LogP contribution in [0, 0.1) is 0 Å². The maximum absolute atomic E-state index is 11.2. The Kier molecular flexibility index (Phi) is 4.91. The fourth-order valence-electron chi connectivity index (χ4n) is 2.67. The number of rotatable bonds is 4. The molecular formula is C15H20N4O2S2. The zero-order valence-corrected chi connectivity index (χ0v) is 14.6. The first-order valence-corrected chi connectivity index (χ1v) is 10.5. The molecule has 0 bridgehead atoms. The van der Waals surface area contributed by atoms with Crippen molar-refractivity contribution in [1.82, 2.24) is 5.43 Å². The predicted molar refractivity (Wildman–Crippen MR) is 96.7 cm³/mol. The number of sulfonamides is 1. The van der Waals surface area contributed by atoms with E-state index in [1.165, 1.54) is 25.7 Å². The van der Waals surface area contributed by atoms with E-state index in [0.717, 1.165) is 28.5 Å². The van der Waals surface area contributed by atoms with E-state index in [2.05, 4.69) is 15.2 Å². The number of amidine groups is 1. The van der Waals surface area contributed by atoms with Crippen LogP contribution < -0.4 is 10.1 Å². The molecule has 1 saturated carbocycles. The van der Waals surface area contributed by atoms with E-state index >= 15 is 0 Å². The van der Waals surface area contributed by atoms with Gasteiger partial charge in [-0.25, -0.2) is 8.42 Å². The van der Waals surface area contributed by atoms with Crippen LogP contribution in [0.15, 0.2) is 34.4 Å². The Morgan fingerprint density at radius 3 is 2.52 bits per heavy atom. The topological polar surface area (TPSA) is 82.9 Å². The van der Waals surface area contributed by atoms with E-state index in [1.54, 1.807) is 23.9 Å². The summed E-state index contributed by atoms with van der Waals surface area (Å²) in [6.45, 7) is 0. The average Bonchev–Trinajstić information content (AvgIpc) is 3.00. The molecule has 1 aromatic carbocycles. The van der Waals surface area contributed by atoms with Gasteiger partial charge in [0.15, 0.2) is 5.17 Å². The van der Waals surface area contributed by atoms with Crippen molar-refractivity contribution in [3.63, 3.8) is 0 Å². The molecule has 1 heterocycles. The zero-order chi connectivity index (χ0) is 16.3. The summed E-state index contributed by atoms with van der Waals surface area (Å²) < 4.78 is 24.9. The molecule has 0 aromatic heterocycles. The third-order valence-corrected chi connectivity index (χ3v) is 5.27. The van der Waals surface area contributed by atoms with Gasteiger partial charge < -0.3 is 0 Å². The van der Waals surface area contributed by atoms with E-state index in [1.807, 2.05) is 12.1 Å². The molecule has 124 valence electrons. The Hall–Kier alpha value is -1.54. The Labute approximate surface area is 140 Å². The molecule has 0 atom stereocenters. The number of benzene rings is 1. The highest BCUT2D eigenvalue weighted by molar-refractivity contribution is 8.14. The largest absolute Gasteiger partial charge is 0.284 e. The minimum absolute atomic E-state index is 0.447. The third kappa shape index (κ3) is 4.71. The summed E-state index contributed by atoms with van der Waals surface area (Å²) in [6.07, 6.45) is 6.04. The average molecular weight is 352 g/mol. The standard InChI is InChI=1S/C15H20N4O2S2/c1-23(20,21)19-13-8-6-11(7-9-13)14-10-22-15(18-17-14)16-12-4-2-3-5-12/h6-9,12,19H,2-5,10H2,1H3,(H,16,18). The second-order valence-corrected chi connectivity index (χ2v) is 8.50. The first-order chi connectivity index (χ1) is 11.0. The van der Waals surface area contributed by atoms with Crippen LogP contribution in [0.25, 0.3) is 0 Å². The Morgan fingerprint density at radius 1 is 1.26 bits per heavy atom. The van der Waals surface area contributed by atoms with Crippen molar-refractivity contribution in [2.24, 2.45) is 10.1 Å². The monoisotopic (exact) mass is 352 g/mol. The van der Waals surface area contributed by atoms with Crippen molar-refractivity contribution >= 4 is 38.4 Å². The highest BCUT2D eigenvalue weighted by Crippen LogP contribution is 2.23. The predicted octanol–water partition coefficient (Wildman–Crippen LogP) is 2.40. The van der Waals surface area contributed by atoms with Gasteiger partial charge in [-0.2, -0.15) is 5.10 Å². The zero-order valence-electron chi connectivity index (χ0n) is 12.9. The third-order valence-electron chi connectivity index (χ3n) is 3.78. The van der Waals surface area contributed by atoms with Gasteiger partial charge >= 0.3 is 0 Å². The molecule has 0 saturated heterocycles. The summed E-state index contributed by atoms with van der Waals surface area (Å²) >= 11 is 1.66. The second kappa shape index (κ2) is 6.92. The second-order valence-electron chi connectivity index (χ2n) is 5.78. The molecule has 0 unspecified atom stereocenters. The number of hydrazone groups is 1. The van der Waals surface area contributed by atoms with E-state index in [0.29, 0.717) is 11.7 Å². The first-order valence-electron chi connectivity index (χ1n) is 7.61. The minimum Gasteiger partial charge on any atom is -0.284 e. The lowest BCUT2D eigenvalue weighted by atomic mass is 10.1. The summed E-state index contributed by atoms with van der Waals surface area (Å²) in [6, 6.07) is 7.67. The van der Waals surface area contributed by atoms with Gasteiger partial charge in [-0.1, -0.05) is 36.7 Å². The van der Waals surface area contributed by atoms with Gasteiger partial charge in [0, 0.05) is 11.4 Å². The molecule has 1 fully saturated rings. The molecule has 2 N–H and O–H groups in total. The molecule has 6 nitrogen and oxygen atoms in total. The molecule has 8 heteroatoms. The SMILES string of the molecule is CS(=O)(=O)Nc1ccc(C2=NNC(=NC3CCCC3)SC2)cc1. The molecular weight excluding hydrogens is 332 g/mol. The molecule has 1 aliphatic heterocycles. The summed E-state index contributed by atoms with van der Waals surface area (Å²) in [4.78, 5) is 4.70. The molecule has 1 aromatic rings. The van der Waals surface area contributed by atoms with Crippen LogP contribution in [-0.2, 0) is 10.0 Å². The number of aliphatic imine (C=N–C) groups is 1. The minimum atomic E-state index is -3.25. The van der Waals surface area contributed by atoms with Crippen molar-refractivity contribution in [1.29, 1.82) is 0 Å². The quantitative estimate of drug-likeness (QED) is 0.872. The van der Waals surface area contributed by atoms with Crippen LogP contribution in [0.4, 0.5) is 5.69 Å². The van der Waals surface area contributed by atoms with E-state index in [4.69, 9.17) is 4.99 Å². The fraction of sp³-hybridized carbons (Fsp3) is 0.467. The van der Waals surface area contributed by atoms with Crippen molar-refractivity contribution < 1.29 is 8.42 Å². The number of hydrogen-bond donors (Lipinski definition) is 2. The fourth-order valence-corrected chi connectivity index (χ4v) is 4.08. The number of hydrogen-bond acceptors (Lipinski definition) is 5. The number of anilines is 1. The van der Waals surface area contributed by atoms with E-state index in [-0.39, 0.29) is 0 Å². The normalized spacial score (nSPS) is 21.1. The van der Waals surface area contributed by atoms with Gasteiger partial charge in [0.2, 0.25) is 10.0 Å². The Morgan fingerprint density at radius 2 is 1.96 bits per heavy atom. The number of nitrogens with one attached hydrogen (secondary N) is 2. The highest BCUT2D eigenvalue weighted by atomic mass is 32.2. The van der Waals surface area contributed by atoms with Crippen molar-refractivity contribution in [2.45, 2.75) is 31.7 Å². The van der Waals surface area contributed by atoms with Gasteiger partial charge in [0.25, 0.3) is 0 Å². The van der Waals surface area contributed by atoms with Crippen molar-refractivity contribution in [3.8, 4) is 0 Å². The Bertz CT molecular complexity index is 720. The lowest BCUT2D eigenvalue weighted by molar-refractivity contribution is 0.607. The Balaban J connectivity index is 1.65. The van der Waals surface area contributed by atoms with Crippen LogP contribution in [0.1, 0.15) is 31.2 Å². The van der Waals surface area contributed by atoms with Crippen molar-refractivity contribution in [2.75, 3.05) is 16.7 Å². The number of nitrogens with zero attached hydrogens (tertiary/aromatic N) is 2. The van der Waals surface area contributed by atoms with Gasteiger partial charge in [0.1, 0.15) is 0 Å². The molecule has 0 spiro atoms. The van der Waals surface area contributed by atoms with Crippen molar-refractivity contribution in [3.05, 3.63) is 29.8 Å². The summed E-state index contributed by atoms with van der Waals surface area (Å²) in [5, 5.41) is 5.30. The van der Waals surface area contributed by atoms with Crippen LogP contribution in [0.5, 0.6) is 0 Å². The molecule has 0 amide bonds. The molecule has 0 radical (unpaired) electrons. The lowest BCUT2D eigenvalue weighted by Gasteiger charge is -2.16. The van der Waals surface area contributed by atoms with Gasteiger partial charge in [-0.15, -0.1) is 0 Å². The first kappa shape index (κ1) is 16.3. The van der Waals surface area contributed by atoms with E-state index < -0.39 is 10.0 Å². The lowest BCUT2D eigenvalue weighted by Crippen LogP contribution is -2.26. The maximum Gasteiger partial charge on any atom is 0.229 e. The van der Waals surface area contributed by atoms with Crippen LogP contribution in [0.2, 0.25) is 0 Å². The van der Waals surface area contributed by atoms with Gasteiger partial charge in [-0.05, 0) is 30.5 Å². The van der Waals surface area contributed by atoms with Crippen LogP contribution in [0.3, 0.4) is 0 Å². The highest BCUT2D eigenvalue weighted by Gasteiger charge is 2.18. The molecule has 3 rings (SSSR count). The van der Waals surface area contributed by atoms with Crippen LogP contribution in [-0.4, -0.2) is 37.3 Å². The number of thioether (sulfide) groups is 1. The van der Waals surface area contributed by atoms with Gasteiger partial charge in [-0.3, -0.25) is 15.1 Å². The maximum atomic E-state index is 11.2. The summed E-state index contributed by atoms with van der Waals surface area (Å²) in [5.74, 6) is 0.761. The summed E-state index contributed by atoms with van der Waals surface area (Å²) in [7, 11) is -3.25. The molecule has 1 aliphatic carbocycles. The van der Waals surface area contributed by atoms with Crippen LogP contribution >= 0.6 is 11.8 Å². The van der Waals surface area contributed by atoms with Gasteiger partial charge in [0.05, 0.1) is 18.0 Å². The van der Waals surface area contributed by atoms with E-state index in [9.17, 15) is 8.42 Å². The molecule has 23 heavy (non-hydrogen) atoms. The summed E-state index contributed by atoms with van der Waals surface area (Å²) in [5.41, 5.74) is 5.50. The molecule has 2 aliphatic rings. The smallest absolute Gasteiger partial charge is 0.229 e.